The average molecular weight is 359 g/mol. The van der Waals surface area contributed by atoms with E-state index < -0.39 is 0 Å². The zero-order chi connectivity index (χ0) is 18.5. The molecule has 1 atom stereocenters. The van der Waals surface area contributed by atoms with Crippen molar-refractivity contribution >= 4 is 11.8 Å². The van der Waals surface area contributed by atoms with E-state index in [4.69, 9.17) is 10.5 Å². The Kier molecular flexibility index (Phi) is 6.14. The fraction of sp³-hybridized carbons (Fsp3) is 0.600. The van der Waals surface area contributed by atoms with Crippen molar-refractivity contribution in [3.63, 3.8) is 0 Å². The van der Waals surface area contributed by atoms with Crippen molar-refractivity contribution in [3.8, 4) is 5.75 Å². The normalized spacial score (nSPS) is 22.2. The smallest absolute Gasteiger partial charge is 0.231 e. The maximum atomic E-state index is 13.2. The summed E-state index contributed by atoms with van der Waals surface area (Å²) in [6, 6.07) is 8.20. The first kappa shape index (κ1) is 18.7. The van der Waals surface area contributed by atoms with Crippen LogP contribution in [-0.4, -0.2) is 54.9 Å². The number of carbonyl (C=O) groups excluding carboxylic acids is 2. The summed E-state index contributed by atoms with van der Waals surface area (Å²) in [5.74, 6) is 0.839. The van der Waals surface area contributed by atoms with Gasteiger partial charge in [0, 0.05) is 12.5 Å². The summed E-state index contributed by atoms with van der Waals surface area (Å²) in [7, 11) is 1.67. The van der Waals surface area contributed by atoms with Crippen LogP contribution in [0.2, 0.25) is 0 Å². The Hall–Kier alpha value is -2.08. The number of hydrogen-bond donors (Lipinski definition) is 1. The molecule has 2 saturated heterocycles. The van der Waals surface area contributed by atoms with Crippen LogP contribution < -0.4 is 10.5 Å². The van der Waals surface area contributed by atoms with Gasteiger partial charge in [-0.3, -0.25) is 14.5 Å². The van der Waals surface area contributed by atoms with Crippen molar-refractivity contribution in [2.45, 2.75) is 38.1 Å². The van der Waals surface area contributed by atoms with E-state index in [9.17, 15) is 9.59 Å². The van der Waals surface area contributed by atoms with Crippen LogP contribution in [0.1, 0.15) is 43.7 Å². The Balaban J connectivity index is 1.67. The predicted molar refractivity (Wildman–Crippen MR) is 99.7 cm³/mol. The highest BCUT2D eigenvalue weighted by molar-refractivity contribution is 5.80. The predicted octanol–water partition coefficient (Wildman–Crippen LogP) is 1.95. The number of amides is 2. The molecule has 1 aromatic rings. The molecular formula is C20H29N3O3. The molecule has 2 aliphatic heterocycles. The van der Waals surface area contributed by atoms with Crippen molar-refractivity contribution in [1.82, 2.24) is 9.80 Å². The van der Waals surface area contributed by atoms with Gasteiger partial charge in [0.1, 0.15) is 5.75 Å². The van der Waals surface area contributed by atoms with Crippen LogP contribution in [0.15, 0.2) is 24.3 Å². The lowest BCUT2D eigenvalue weighted by Gasteiger charge is -2.40. The summed E-state index contributed by atoms with van der Waals surface area (Å²) in [5.41, 5.74) is 6.43. The lowest BCUT2D eigenvalue weighted by molar-refractivity contribution is -0.141. The Morgan fingerprint density at radius 3 is 2.62 bits per heavy atom. The fourth-order valence-electron chi connectivity index (χ4n) is 4.18. The zero-order valence-electron chi connectivity index (χ0n) is 15.5. The van der Waals surface area contributed by atoms with Crippen molar-refractivity contribution in [1.29, 1.82) is 0 Å². The number of methoxy groups -OCH3 is 1. The van der Waals surface area contributed by atoms with Crippen LogP contribution in [0.25, 0.3) is 0 Å². The number of piperidine rings is 2. The molecule has 2 fully saturated rings. The fourth-order valence-corrected chi connectivity index (χ4v) is 4.18. The molecule has 26 heavy (non-hydrogen) atoms. The van der Waals surface area contributed by atoms with Gasteiger partial charge in [-0.2, -0.15) is 0 Å². The molecule has 3 rings (SSSR count). The molecule has 0 aliphatic carbocycles. The number of nitrogens with two attached hydrogens (primary N) is 1. The zero-order valence-corrected chi connectivity index (χ0v) is 15.5. The number of nitrogens with zero attached hydrogens (tertiary/aromatic N) is 2. The molecule has 0 radical (unpaired) electrons. The SMILES string of the molecule is COc1cccc([C@H]2CCCCN2C(=O)C2CCN(CC(N)=O)CC2)c1. The molecule has 2 amide bonds. The van der Waals surface area contributed by atoms with Crippen molar-refractivity contribution < 1.29 is 14.3 Å². The summed E-state index contributed by atoms with van der Waals surface area (Å²) in [6.45, 7) is 2.63. The standard InChI is InChI=1S/C20H29N3O3/c1-26-17-6-4-5-16(13-17)18-7-2-3-10-23(18)20(25)15-8-11-22(12-9-15)14-19(21)24/h4-6,13,15,18H,2-3,7-12,14H2,1H3,(H2,21,24)/t18-/m1/s1. The van der Waals surface area contributed by atoms with Crippen LogP contribution in [0.3, 0.4) is 0 Å². The molecule has 0 saturated carbocycles. The first-order valence-corrected chi connectivity index (χ1v) is 9.53. The van der Waals surface area contributed by atoms with Crippen LogP contribution in [0.5, 0.6) is 5.75 Å². The monoisotopic (exact) mass is 359 g/mol. The molecule has 0 bridgehead atoms. The van der Waals surface area contributed by atoms with Gasteiger partial charge >= 0.3 is 0 Å². The second kappa shape index (κ2) is 8.54. The molecule has 6 nitrogen and oxygen atoms in total. The van der Waals surface area contributed by atoms with E-state index in [0.717, 1.165) is 63.1 Å². The number of carbonyl (C=O) groups is 2. The highest BCUT2D eigenvalue weighted by Gasteiger charge is 2.34. The third-order valence-corrected chi connectivity index (χ3v) is 5.58. The third kappa shape index (κ3) is 4.36. The van der Waals surface area contributed by atoms with Crippen LogP contribution in [-0.2, 0) is 9.59 Å². The summed E-state index contributed by atoms with van der Waals surface area (Å²) in [6.07, 6.45) is 4.80. The number of rotatable bonds is 5. The summed E-state index contributed by atoms with van der Waals surface area (Å²) in [4.78, 5) is 28.4. The maximum absolute atomic E-state index is 13.2. The minimum absolute atomic E-state index is 0.0466. The van der Waals surface area contributed by atoms with Gasteiger partial charge in [-0.15, -0.1) is 0 Å². The molecule has 2 heterocycles. The van der Waals surface area contributed by atoms with E-state index in [1.165, 1.54) is 0 Å². The summed E-state index contributed by atoms with van der Waals surface area (Å²) in [5, 5.41) is 0. The molecular weight excluding hydrogens is 330 g/mol. The molecule has 0 unspecified atom stereocenters. The van der Waals surface area contributed by atoms with Gasteiger partial charge in [-0.25, -0.2) is 0 Å². The minimum Gasteiger partial charge on any atom is -0.497 e. The quantitative estimate of drug-likeness (QED) is 0.872. The summed E-state index contributed by atoms with van der Waals surface area (Å²) >= 11 is 0. The minimum atomic E-state index is -0.302. The molecule has 0 aromatic heterocycles. The summed E-state index contributed by atoms with van der Waals surface area (Å²) < 4.78 is 5.35. The van der Waals surface area contributed by atoms with Gasteiger partial charge in [-0.05, 0) is 62.9 Å². The van der Waals surface area contributed by atoms with E-state index in [1.807, 2.05) is 23.1 Å². The van der Waals surface area contributed by atoms with Gasteiger partial charge in [0.05, 0.1) is 19.7 Å². The number of ether oxygens (including phenoxy) is 1. The molecule has 6 heteroatoms. The highest BCUT2D eigenvalue weighted by atomic mass is 16.5. The topological polar surface area (TPSA) is 75.9 Å². The van der Waals surface area contributed by atoms with E-state index in [1.54, 1.807) is 7.11 Å². The molecule has 142 valence electrons. The first-order chi connectivity index (χ1) is 12.6. The highest BCUT2D eigenvalue weighted by Crippen LogP contribution is 2.34. The number of primary amides is 1. The van der Waals surface area contributed by atoms with Crippen molar-refractivity contribution in [2.75, 3.05) is 33.3 Å². The van der Waals surface area contributed by atoms with Gasteiger partial charge in [0.25, 0.3) is 0 Å². The third-order valence-electron chi connectivity index (χ3n) is 5.58. The Morgan fingerprint density at radius 2 is 1.92 bits per heavy atom. The first-order valence-electron chi connectivity index (χ1n) is 9.53. The van der Waals surface area contributed by atoms with Gasteiger partial charge in [-0.1, -0.05) is 12.1 Å². The lowest BCUT2D eigenvalue weighted by atomic mass is 9.90. The van der Waals surface area contributed by atoms with Crippen LogP contribution >= 0.6 is 0 Å². The van der Waals surface area contributed by atoms with E-state index >= 15 is 0 Å². The number of benzene rings is 1. The van der Waals surface area contributed by atoms with Crippen LogP contribution in [0, 0.1) is 5.92 Å². The van der Waals surface area contributed by atoms with Gasteiger partial charge < -0.3 is 15.4 Å². The lowest BCUT2D eigenvalue weighted by Crippen LogP contribution is -2.46. The second-order valence-corrected chi connectivity index (χ2v) is 7.34. The van der Waals surface area contributed by atoms with Crippen molar-refractivity contribution in [2.24, 2.45) is 11.7 Å². The van der Waals surface area contributed by atoms with Crippen LogP contribution in [0.4, 0.5) is 0 Å². The molecule has 2 N–H and O–H groups in total. The number of hydrogen-bond acceptors (Lipinski definition) is 4. The van der Waals surface area contributed by atoms with E-state index in [2.05, 4.69) is 11.0 Å². The Bertz CT molecular complexity index is 641. The van der Waals surface area contributed by atoms with Gasteiger partial charge in [0.15, 0.2) is 0 Å². The molecule has 2 aliphatic rings. The Morgan fingerprint density at radius 1 is 1.15 bits per heavy atom. The maximum Gasteiger partial charge on any atom is 0.231 e. The van der Waals surface area contributed by atoms with Crippen molar-refractivity contribution in [3.05, 3.63) is 29.8 Å². The average Bonchev–Trinajstić information content (AvgIpc) is 2.67. The van der Waals surface area contributed by atoms with E-state index in [0.29, 0.717) is 0 Å². The second-order valence-electron chi connectivity index (χ2n) is 7.34. The van der Waals surface area contributed by atoms with E-state index in [-0.39, 0.29) is 30.3 Å². The molecule has 1 aromatic carbocycles. The molecule has 0 spiro atoms. The Labute approximate surface area is 155 Å². The number of likely N-dealkylation sites (tertiary alicyclic amines) is 2. The van der Waals surface area contributed by atoms with Gasteiger partial charge in [0.2, 0.25) is 11.8 Å². The largest absolute Gasteiger partial charge is 0.497 e.